The Morgan fingerprint density at radius 3 is 2.24 bits per heavy atom. The van der Waals surface area contributed by atoms with Crippen LogP contribution in [0.2, 0.25) is 0 Å². The van der Waals surface area contributed by atoms with E-state index in [2.05, 4.69) is 11.4 Å². The second-order valence-electron chi connectivity index (χ2n) is 5.42. The average molecular weight is 295 g/mol. The summed E-state index contributed by atoms with van der Waals surface area (Å²) in [5.74, 6) is 0.496. The number of hydrogen-bond acceptors (Lipinski definition) is 4. The van der Waals surface area contributed by atoms with Crippen molar-refractivity contribution < 1.29 is 19.7 Å². The third-order valence-electron chi connectivity index (χ3n) is 3.48. The number of carbonyl (C=O) groups excluding carboxylic acids is 1. The molecule has 0 radical (unpaired) electrons. The number of carbonyl (C=O) groups is 1. The van der Waals surface area contributed by atoms with Crippen molar-refractivity contribution in [2.75, 3.05) is 19.8 Å². The molecule has 0 aromatic heterocycles. The molecule has 1 aromatic rings. The molecule has 0 fully saturated rings. The van der Waals surface area contributed by atoms with Gasteiger partial charge in [-0.15, -0.1) is 0 Å². The average Bonchev–Trinajstić information content (AvgIpc) is 2.44. The number of nitrogens with one attached hydrogen (secondary N) is 1. The minimum Gasteiger partial charge on any atom is -0.493 e. The molecule has 118 valence electrons. The first kappa shape index (κ1) is 17.5. The van der Waals surface area contributed by atoms with E-state index in [4.69, 9.17) is 4.74 Å². The Hall–Kier alpha value is -1.59. The highest BCUT2D eigenvalue weighted by atomic mass is 16.5. The number of benzene rings is 1. The summed E-state index contributed by atoms with van der Waals surface area (Å²) < 4.78 is 5.57. The van der Waals surface area contributed by atoms with E-state index in [9.17, 15) is 15.0 Å². The molecular weight excluding hydrogens is 270 g/mol. The predicted molar refractivity (Wildman–Crippen MR) is 81.4 cm³/mol. The monoisotopic (exact) mass is 295 g/mol. The number of amides is 1. The van der Waals surface area contributed by atoms with Crippen molar-refractivity contribution in [3.05, 3.63) is 29.3 Å². The van der Waals surface area contributed by atoms with Crippen molar-refractivity contribution in [3.8, 4) is 5.75 Å². The maximum absolute atomic E-state index is 11.8. The standard InChI is InChI=1S/C16H25NO4/c1-4-16(10-18,11-19)17-15(20)5-6-21-14-8-12(2)7-13(3)9-14/h7-9,18-19H,4-6,10-11H2,1-3H3,(H,17,20). The fourth-order valence-corrected chi connectivity index (χ4v) is 2.08. The van der Waals surface area contributed by atoms with Gasteiger partial charge in [0, 0.05) is 0 Å². The number of aliphatic hydroxyl groups excluding tert-OH is 2. The smallest absolute Gasteiger partial charge is 0.224 e. The molecule has 1 rings (SSSR count). The molecule has 3 N–H and O–H groups in total. The zero-order valence-corrected chi connectivity index (χ0v) is 13.0. The Morgan fingerprint density at radius 1 is 1.19 bits per heavy atom. The molecule has 1 aromatic carbocycles. The van der Waals surface area contributed by atoms with E-state index < -0.39 is 5.54 Å². The Balaban J connectivity index is 2.46. The SMILES string of the molecule is CCC(CO)(CO)NC(=O)CCOc1cc(C)cc(C)c1. The molecular formula is C16H25NO4. The van der Waals surface area contributed by atoms with Crippen LogP contribution < -0.4 is 10.1 Å². The zero-order valence-electron chi connectivity index (χ0n) is 13.0. The van der Waals surface area contributed by atoms with E-state index in [1.54, 1.807) is 6.92 Å². The number of aryl methyl sites for hydroxylation is 2. The number of ether oxygens (including phenoxy) is 1. The number of aliphatic hydroxyl groups is 2. The van der Waals surface area contributed by atoms with Crippen molar-refractivity contribution in [3.63, 3.8) is 0 Å². The van der Waals surface area contributed by atoms with Gasteiger partial charge in [-0.05, 0) is 43.5 Å². The minimum atomic E-state index is -0.947. The molecule has 5 nitrogen and oxygen atoms in total. The van der Waals surface area contributed by atoms with Crippen LogP contribution in [0.3, 0.4) is 0 Å². The van der Waals surface area contributed by atoms with Crippen LogP contribution in [0.15, 0.2) is 18.2 Å². The molecule has 0 saturated carbocycles. The summed E-state index contributed by atoms with van der Waals surface area (Å²) in [6.45, 7) is 5.47. The highest BCUT2D eigenvalue weighted by molar-refractivity contribution is 5.77. The van der Waals surface area contributed by atoms with Gasteiger partial charge in [0.15, 0.2) is 0 Å². The van der Waals surface area contributed by atoms with Gasteiger partial charge >= 0.3 is 0 Å². The van der Waals surface area contributed by atoms with Crippen molar-refractivity contribution in [2.24, 2.45) is 0 Å². The van der Waals surface area contributed by atoms with Crippen LogP contribution in [0.4, 0.5) is 0 Å². The summed E-state index contributed by atoms with van der Waals surface area (Å²) in [5, 5.41) is 21.2. The summed E-state index contributed by atoms with van der Waals surface area (Å²) in [6, 6.07) is 5.89. The quantitative estimate of drug-likeness (QED) is 0.676. The largest absolute Gasteiger partial charge is 0.493 e. The van der Waals surface area contributed by atoms with Crippen LogP contribution in [0.1, 0.15) is 30.9 Å². The number of hydrogen-bond donors (Lipinski definition) is 3. The van der Waals surface area contributed by atoms with E-state index >= 15 is 0 Å². The van der Waals surface area contributed by atoms with E-state index in [-0.39, 0.29) is 32.1 Å². The molecule has 1 amide bonds. The second kappa shape index (κ2) is 8.00. The van der Waals surface area contributed by atoms with Crippen LogP contribution in [-0.2, 0) is 4.79 Å². The lowest BCUT2D eigenvalue weighted by molar-refractivity contribution is -0.125. The predicted octanol–water partition coefficient (Wildman–Crippen LogP) is 1.32. The Kier molecular flexibility index (Phi) is 6.65. The van der Waals surface area contributed by atoms with Crippen LogP contribution in [0.25, 0.3) is 0 Å². The Labute approximate surface area is 125 Å². The molecule has 0 unspecified atom stereocenters. The molecule has 0 saturated heterocycles. The molecule has 0 aliphatic rings. The van der Waals surface area contributed by atoms with Crippen molar-refractivity contribution in [2.45, 2.75) is 39.2 Å². The van der Waals surface area contributed by atoms with Crippen LogP contribution in [0.5, 0.6) is 5.75 Å². The summed E-state index contributed by atoms with van der Waals surface area (Å²) in [6.07, 6.45) is 0.637. The first-order valence-electron chi connectivity index (χ1n) is 7.18. The highest BCUT2D eigenvalue weighted by Gasteiger charge is 2.28. The molecule has 0 atom stereocenters. The van der Waals surface area contributed by atoms with Gasteiger partial charge in [0.2, 0.25) is 5.91 Å². The lowest BCUT2D eigenvalue weighted by atomic mass is 9.98. The zero-order chi connectivity index (χ0) is 15.9. The molecule has 5 heteroatoms. The van der Waals surface area contributed by atoms with Gasteiger partial charge in [0.1, 0.15) is 5.75 Å². The van der Waals surface area contributed by atoms with Crippen LogP contribution in [0, 0.1) is 13.8 Å². The lowest BCUT2D eigenvalue weighted by Crippen LogP contribution is -2.54. The van der Waals surface area contributed by atoms with Crippen molar-refractivity contribution >= 4 is 5.91 Å². The van der Waals surface area contributed by atoms with Gasteiger partial charge in [-0.1, -0.05) is 13.0 Å². The van der Waals surface area contributed by atoms with E-state index in [0.717, 1.165) is 16.9 Å². The summed E-state index contributed by atoms with van der Waals surface area (Å²) in [7, 11) is 0. The van der Waals surface area contributed by atoms with E-state index in [0.29, 0.717) is 6.42 Å². The fourth-order valence-electron chi connectivity index (χ4n) is 2.08. The number of rotatable bonds is 8. The minimum absolute atomic E-state index is 0.175. The normalized spacial score (nSPS) is 11.3. The van der Waals surface area contributed by atoms with Crippen LogP contribution in [-0.4, -0.2) is 41.5 Å². The topological polar surface area (TPSA) is 78.8 Å². The lowest BCUT2D eigenvalue weighted by Gasteiger charge is -2.29. The Bertz CT molecular complexity index is 441. The first-order valence-corrected chi connectivity index (χ1v) is 7.18. The van der Waals surface area contributed by atoms with Crippen LogP contribution >= 0.6 is 0 Å². The molecule has 0 aliphatic carbocycles. The van der Waals surface area contributed by atoms with Gasteiger partial charge in [0.25, 0.3) is 0 Å². The maximum Gasteiger partial charge on any atom is 0.224 e. The van der Waals surface area contributed by atoms with Gasteiger partial charge in [-0.25, -0.2) is 0 Å². The van der Waals surface area contributed by atoms with Gasteiger partial charge in [0.05, 0.1) is 31.8 Å². The molecule has 0 bridgehead atoms. The first-order chi connectivity index (χ1) is 9.94. The van der Waals surface area contributed by atoms with Gasteiger partial charge in [-0.2, -0.15) is 0 Å². The second-order valence-corrected chi connectivity index (χ2v) is 5.42. The fraction of sp³-hybridized carbons (Fsp3) is 0.562. The highest BCUT2D eigenvalue weighted by Crippen LogP contribution is 2.16. The summed E-state index contributed by atoms with van der Waals surface area (Å²) in [5.41, 5.74) is 1.27. The molecule has 21 heavy (non-hydrogen) atoms. The van der Waals surface area contributed by atoms with Crippen molar-refractivity contribution in [1.82, 2.24) is 5.32 Å². The summed E-state index contributed by atoms with van der Waals surface area (Å²) >= 11 is 0. The summed E-state index contributed by atoms with van der Waals surface area (Å²) in [4.78, 5) is 11.8. The van der Waals surface area contributed by atoms with E-state index in [1.807, 2.05) is 26.0 Å². The van der Waals surface area contributed by atoms with E-state index in [1.165, 1.54) is 0 Å². The van der Waals surface area contributed by atoms with Crippen molar-refractivity contribution in [1.29, 1.82) is 0 Å². The molecule has 0 aliphatic heterocycles. The third kappa shape index (κ3) is 5.36. The maximum atomic E-state index is 11.8. The third-order valence-corrected chi connectivity index (χ3v) is 3.48. The van der Waals surface area contributed by atoms with Gasteiger partial charge < -0.3 is 20.3 Å². The Morgan fingerprint density at radius 2 is 1.76 bits per heavy atom. The molecule has 0 spiro atoms. The molecule has 0 heterocycles. The van der Waals surface area contributed by atoms with Gasteiger partial charge in [-0.3, -0.25) is 4.79 Å².